The quantitative estimate of drug-likeness (QED) is 0.0494. The molecule has 264 valence electrons. The fourth-order valence-electron chi connectivity index (χ4n) is 4.37. The number of aliphatic hydroxyl groups is 2. The summed E-state index contributed by atoms with van der Waals surface area (Å²) in [6.07, 6.45) is -0.268. The van der Waals surface area contributed by atoms with E-state index in [2.05, 4.69) is 104 Å². The second-order valence-electron chi connectivity index (χ2n) is 14.0. The van der Waals surface area contributed by atoms with Crippen LogP contribution in [0.4, 0.5) is 0 Å². The monoisotopic (exact) mass is 685 g/mol. The third-order valence-corrected chi connectivity index (χ3v) is 16.2. The van der Waals surface area contributed by atoms with Crippen LogP contribution in [0, 0.1) is 0 Å². The van der Waals surface area contributed by atoms with E-state index in [-0.39, 0.29) is 36.4 Å². The van der Waals surface area contributed by atoms with Crippen LogP contribution in [0.5, 0.6) is 0 Å². The Bertz CT molecular complexity index is 748. The lowest BCUT2D eigenvalue weighted by atomic mass is 10.0. The van der Waals surface area contributed by atoms with E-state index < -0.39 is 28.6 Å². The van der Waals surface area contributed by atoms with E-state index in [1.165, 1.54) is 11.8 Å². The number of carbonyl (C=O) groups is 1. The minimum Gasteiger partial charge on any atom is -0.415 e. The van der Waals surface area contributed by atoms with Gasteiger partial charge in [0.15, 0.2) is 28.2 Å². The number of carbonyl (C=O) groups excluding carboxylic acids is 1. The van der Waals surface area contributed by atoms with Gasteiger partial charge in [-0.1, -0.05) is 32.5 Å². The molecule has 0 saturated heterocycles. The predicted molar refractivity (Wildman–Crippen MR) is 189 cm³/mol. The van der Waals surface area contributed by atoms with Gasteiger partial charge in [-0.3, -0.25) is 4.79 Å². The zero-order chi connectivity index (χ0) is 34.3. The summed E-state index contributed by atoms with van der Waals surface area (Å²) in [7, 11) is -3.12. The lowest BCUT2D eigenvalue weighted by molar-refractivity contribution is -0.152. The molecule has 0 spiro atoms. The first kappa shape index (κ1) is 44.3. The zero-order valence-electron chi connectivity index (χ0n) is 30.4. The molecular weight excluding hydrogens is 617 g/mol. The van der Waals surface area contributed by atoms with Crippen LogP contribution in [0.2, 0.25) is 18.1 Å². The fraction of sp³-hybridized carbons (Fsp3) is 0.968. The van der Waals surface area contributed by atoms with Gasteiger partial charge in [0.2, 0.25) is 0 Å². The number of ether oxygens (including phenoxy) is 2. The molecule has 0 aromatic heterocycles. The van der Waals surface area contributed by atoms with Gasteiger partial charge in [0.05, 0.1) is 32.0 Å². The minimum absolute atomic E-state index is 0.0120. The third-order valence-electron chi connectivity index (χ3n) is 7.79. The first-order valence-electron chi connectivity index (χ1n) is 16.3. The summed E-state index contributed by atoms with van der Waals surface area (Å²) in [4.78, 5) is 12.6. The average Bonchev–Trinajstić information content (AvgIpc) is 2.90. The molecule has 0 heterocycles. The van der Waals surface area contributed by atoms with Crippen molar-refractivity contribution in [1.29, 1.82) is 0 Å². The molecule has 0 aromatic carbocycles. The van der Waals surface area contributed by atoms with Crippen LogP contribution in [-0.4, -0.2) is 121 Å². The standard InChI is InChI=1S/C31H68N3O7PSSi/c1-15-38-29(20-40-42(33(24(2)3)25(4)5)34(26(6)7)27(8)9)39-18-19-43-28(37)16-17-32-31(21-35,22-36)23-41-44(13,14)30(10,11)12/h24-27,29,32,35-36H,15-23H2,1-14H3. The largest absolute Gasteiger partial charge is 0.415 e. The molecule has 1 atom stereocenters. The Morgan fingerprint density at radius 2 is 1.41 bits per heavy atom. The molecule has 0 bridgehead atoms. The van der Waals surface area contributed by atoms with Crippen molar-refractivity contribution in [3.63, 3.8) is 0 Å². The van der Waals surface area contributed by atoms with Crippen molar-refractivity contribution in [2.75, 3.05) is 51.9 Å². The van der Waals surface area contributed by atoms with Gasteiger partial charge < -0.3 is 34.0 Å². The number of hydrogen-bond acceptors (Lipinski definition) is 11. The van der Waals surface area contributed by atoms with Gasteiger partial charge in [-0.25, -0.2) is 9.34 Å². The van der Waals surface area contributed by atoms with E-state index in [4.69, 9.17) is 18.4 Å². The van der Waals surface area contributed by atoms with Gasteiger partial charge >= 0.3 is 0 Å². The average molecular weight is 686 g/mol. The molecule has 0 amide bonds. The summed E-state index contributed by atoms with van der Waals surface area (Å²) in [5.74, 6) is 0.491. The van der Waals surface area contributed by atoms with Gasteiger partial charge in [-0.15, -0.1) is 0 Å². The smallest absolute Gasteiger partial charge is 0.192 e. The highest BCUT2D eigenvalue weighted by Crippen LogP contribution is 2.50. The van der Waals surface area contributed by atoms with Gasteiger partial charge in [0.1, 0.15) is 6.61 Å². The molecule has 0 radical (unpaired) electrons. The first-order chi connectivity index (χ1) is 20.3. The van der Waals surface area contributed by atoms with E-state index in [1.807, 2.05) is 6.92 Å². The van der Waals surface area contributed by atoms with Gasteiger partial charge in [-0.05, 0) is 80.4 Å². The van der Waals surface area contributed by atoms with E-state index in [0.29, 0.717) is 56.3 Å². The summed E-state index contributed by atoms with van der Waals surface area (Å²) in [5, 5.41) is 23.3. The number of aliphatic hydroxyl groups excluding tert-OH is 2. The highest BCUT2D eigenvalue weighted by molar-refractivity contribution is 8.13. The van der Waals surface area contributed by atoms with Crippen molar-refractivity contribution in [3.05, 3.63) is 0 Å². The molecule has 1 unspecified atom stereocenters. The highest BCUT2D eigenvalue weighted by Gasteiger charge is 2.40. The lowest BCUT2D eigenvalue weighted by Crippen LogP contribution is -2.58. The summed E-state index contributed by atoms with van der Waals surface area (Å²) >= 11 is 1.21. The van der Waals surface area contributed by atoms with E-state index in [1.54, 1.807) is 0 Å². The van der Waals surface area contributed by atoms with E-state index >= 15 is 0 Å². The van der Waals surface area contributed by atoms with Crippen LogP contribution in [0.3, 0.4) is 0 Å². The van der Waals surface area contributed by atoms with Crippen molar-refractivity contribution in [3.8, 4) is 0 Å². The molecule has 3 N–H and O–H groups in total. The molecule has 0 aliphatic rings. The zero-order valence-corrected chi connectivity index (χ0v) is 33.1. The molecule has 0 rings (SSSR count). The first-order valence-corrected chi connectivity index (χ1v) is 21.3. The van der Waals surface area contributed by atoms with Crippen LogP contribution in [0.25, 0.3) is 0 Å². The molecule has 13 heteroatoms. The molecule has 44 heavy (non-hydrogen) atoms. The summed E-state index contributed by atoms with van der Waals surface area (Å²) in [6, 6.07) is 1.26. The number of nitrogens with zero attached hydrogens (tertiary/aromatic N) is 2. The van der Waals surface area contributed by atoms with Crippen LogP contribution in [0.15, 0.2) is 0 Å². The Morgan fingerprint density at radius 3 is 1.82 bits per heavy atom. The fourth-order valence-corrected chi connectivity index (χ4v) is 8.43. The highest BCUT2D eigenvalue weighted by atomic mass is 32.2. The molecule has 0 aliphatic carbocycles. The second kappa shape index (κ2) is 21.3. The summed E-state index contributed by atoms with van der Waals surface area (Å²) in [5.41, 5.74) is -0.991. The number of nitrogens with one attached hydrogen (secondary N) is 1. The maximum Gasteiger partial charge on any atom is 0.192 e. The van der Waals surface area contributed by atoms with Crippen molar-refractivity contribution >= 4 is 33.6 Å². The van der Waals surface area contributed by atoms with Crippen molar-refractivity contribution in [2.24, 2.45) is 0 Å². The molecule has 10 nitrogen and oxygen atoms in total. The Balaban J connectivity index is 5.00. The van der Waals surface area contributed by atoms with Gasteiger partial charge in [-0.2, -0.15) is 0 Å². The maximum atomic E-state index is 12.6. The molecule has 0 aliphatic heterocycles. The van der Waals surface area contributed by atoms with Gasteiger partial charge in [0, 0.05) is 49.5 Å². The topological polar surface area (TPSA) is 113 Å². The van der Waals surface area contributed by atoms with Crippen LogP contribution < -0.4 is 5.32 Å². The Morgan fingerprint density at radius 1 is 0.909 bits per heavy atom. The summed E-state index contributed by atoms with van der Waals surface area (Å²) < 4.78 is 29.6. The Labute approximate surface area is 276 Å². The van der Waals surface area contributed by atoms with Crippen molar-refractivity contribution in [1.82, 2.24) is 14.7 Å². The third kappa shape index (κ3) is 15.5. The Kier molecular flexibility index (Phi) is 21.5. The molecule has 0 fully saturated rings. The van der Waals surface area contributed by atoms with E-state index in [9.17, 15) is 15.0 Å². The predicted octanol–water partition coefficient (Wildman–Crippen LogP) is 5.83. The van der Waals surface area contributed by atoms with Crippen molar-refractivity contribution in [2.45, 2.75) is 144 Å². The lowest BCUT2D eigenvalue weighted by Gasteiger charge is -2.45. The maximum absolute atomic E-state index is 12.6. The van der Waals surface area contributed by atoms with Crippen molar-refractivity contribution < 1.29 is 33.4 Å². The second-order valence-corrected chi connectivity index (χ2v) is 21.6. The SMILES string of the molecule is CCOC(COP(N(C(C)C)C(C)C)N(C(C)C)C(C)C)OCCSC(=O)CCNC(CO)(CO)CO[Si](C)(C)C(C)(C)C. The van der Waals surface area contributed by atoms with Crippen LogP contribution in [-0.2, 0) is 23.2 Å². The minimum atomic E-state index is -2.06. The molecule has 0 saturated carbocycles. The van der Waals surface area contributed by atoms with Crippen LogP contribution in [0.1, 0.15) is 89.5 Å². The summed E-state index contributed by atoms with van der Waals surface area (Å²) in [6.45, 7) is 31.4. The number of thioether (sulfide) groups is 1. The molecular formula is C31H68N3O7PSSi. The van der Waals surface area contributed by atoms with Gasteiger partial charge in [0.25, 0.3) is 0 Å². The number of hydrogen-bond donors (Lipinski definition) is 3. The molecule has 0 aromatic rings. The number of rotatable bonds is 24. The Hall–Kier alpha value is 0.307. The normalized spacial score (nSPS) is 14.4. The van der Waals surface area contributed by atoms with Crippen LogP contribution >= 0.6 is 20.2 Å². The van der Waals surface area contributed by atoms with E-state index in [0.717, 1.165) is 0 Å².